The van der Waals surface area contributed by atoms with Crippen LogP contribution in [-0.4, -0.2) is 25.2 Å². The van der Waals surface area contributed by atoms with Crippen LogP contribution in [0.25, 0.3) is 21.2 Å². The van der Waals surface area contributed by atoms with E-state index in [1.165, 1.54) is 6.92 Å². The first-order chi connectivity index (χ1) is 10.2. The van der Waals surface area contributed by atoms with Gasteiger partial charge < -0.3 is 9.47 Å². The summed E-state index contributed by atoms with van der Waals surface area (Å²) in [6, 6.07) is 13.6. The minimum absolute atomic E-state index is 0.0425. The Balaban J connectivity index is 2.11. The number of esters is 1. The normalized spacial score (nSPS) is 11.5. The van der Waals surface area contributed by atoms with Crippen molar-refractivity contribution >= 4 is 16.7 Å². The topological polar surface area (TPSA) is 84.3 Å². The van der Waals surface area contributed by atoms with Crippen molar-refractivity contribution in [3.05, 3.63) is 52.9 Å². The van der Waals surface area contributed by atoms with E-state index in [-0.39, 0.29) is 13.2 Å². The van der Waals surface area contributed by atoms with Crippen molar-refractivity contribution in [3.63, 3.8) is 0 Å². The lowest BCUT2D eigenvalue weighted by molar-refractivity contribution is -0.147. The molecule has 2 aromatic carbocycles. The zero-order chi connectivity index (χ0) is 15.1. The molecule has 6 heteroatoms. The third kappa shape index (κ3) is 4.12. The van der Waals surface area contributed by atoms with Crippen LogP contribution in [0, 0.1) is 0 Å². The Bertz CT molecular complexity index is 671. The average Bonchev–Trinajstić information content (AvgIpc) is 2.49. The molecule has 6 nitrogen and oxygen atoms in total. The predicted molar refractivity (Wildman–Crippen MR) is 79.0 cm³/mol. The van der Waals surface area contributed by atoms with Crippen LogP contribution in [0.1, 0.15) is 6.92 Å². The van der Waals surface area contributed by atoms with Crippen molar-refractivity contribution in [2.45, 2.75) is 13.0 Å². The van der Waals surface area contributed by atoms with Crippen LogP contribution >= 0.6 is 0 Å². The quantitative estimate of drug-likeness (QED) is 0.352. The van der Waals surface area contributed by atoms with Crippen LogP contribution < -0.4 is 4.74 Å². The first-order valence-corrected chi connectivity index (χ1v) is 6.49. The van der Waals surface area contributed by atoms with Gasteiger partial charge >= 0.3 is 5.97 Å². The number of benzene rings is 2. The standard InChI is InChI=1S/C15H15N3O3/c1-11(19)21-13(9-17-18-16)10-20-15-8-4-6-12-5-2-3-7-14(12)15/h2-8,13H,9-10H2,1H3/t13-/m0/s1. The van der Waals surface area contributed by atoms with E-state index in [0.717, 1.165) is 10.8 Å². The van der Waals surface area contributed by atoms with Gasteiger partial charge in [0.15, 0.2) is 0 Å². The Morgan fingerprint density at radius 1 is 1.29 bits per heavy atom. The molecule has 2 rings (SSSR count). The Labute approximate surface area is 121 Å². The Kier molecular flexibility index (Phi) is 5.01. The maximum absolute atomic E-state index is 11.0. The third-order valence-electron chi connectivity index (χ3n) is 2.86. The maximum Gasteiger partial charge on any atom is 0.303 e. The fraction of sp³-hybridized carbons (Fsp3) is 0.267. The number of ether oxygens (including phenoxy) is 2. The molecule has 0 radical (unpaired) electrons. The molecule has 0 aliphatic carbocycles. The van der Waals surface area contributed by atoms with Gasteiger partial charge in [-0.15, -0.1) is 0 Å². The van der Waals surface area contributed by atoms with Gasteiger partial charge in [0.05, 0.1) is 6.54 Å². The molecule has 0 saturated carbocycles. The molecule has 108 valence electrons. The second-order valence-corrected chi connectivity index (χ2v) is 4.43. The van der Waals surface area contributed by atoms with Crippen LogP contribution in [0.5, 0.6) is 5.75 Å². The maximum atomic E-state index is 11.0. The van der Waals surface area contributed by atoms with Gasteiger partial charge in [-0.2, -0.15) is 0 Å². The van der Waals surface area contributed by atoms with Crippen LogP contribution in [0.4, 0.5) is 0 Å². The highest BCUT2D eigenvalue weighted by Crippen LogP contribution is 2.25. The molecule has 0 bridgehead atoms. The van der Waals surface area contributed by atoms with Crippen molar-refractivity contribution in [2.75, 3.05) is 13.2 Å². The van der Waals surface area contributed by atoms with Crippen molar-refractivity contribution in [2.24, 2.45) is 5.11 Å². The van der Waals surface area contributed by atoms with Gasteiger partial charge in [-0.1, -0.05) is 41.5 Å². The summed E-state index contributed by atoms with van der Waals surface area (Å²) < 4.78 is 10.8. The van der Waals surface area contributed by atoms with Gasteiger partial charge in [-0.25, -0.2) is 0 Å². The molecule has 0 aliphatic heterocycles. The van der Waals surface area contributed by atoms with E-state index in [9.17, 15) is 4.79 Å². The first-order valence-electron chi connectivity index (χ1n) is 6.49. The fourth-order valence-electron chi connectivity index (χ4n) is 1.99. The zero-order valence-electron chi connectivity index (χ0n) is 11.6. The summed E-state index contributed by atoms with van der Waals surface area (Å²) in [5.74, 6) is 0.265. The Hall–Kier alpha value is -2.72. The van der Waals surface area contributed by atoms with Gasteiger partial charge in [0.1, 0.15) is 18.5 Å². The number of carbonyl (C=O) groups is 1. The zero-order valence-corrected chi connectivity index (χ0v) is 11.6. The number of azide groups is 1. The van der Waals surface area contributed by atoms with Crippen molar-refractivity contribution in [1.82, 2.24) is 0 Å². The Morgan fingerprint density at radius 2 is 2.05 bits per heavy atom. The van der Waals surface area contributed by atoms with E-state index in [4.69, 9.17) is 15.0 Å². The number of fused-ring (bicyclic) bond motifs is 1. The minimum atomic E-state index is -0.600. The summed E-state index contributed by atoms with van der Waals surface area (Å²) in [6.45, 7) is 1.48. The van der Waals surface area contributed by atoms with E-state index in [1.807, 2.05) is 42.5 Å². The van der Waals surface area contributed by atoms with Gasteiger partial charge in [0, 0.05) is 17.2 Å². The molecule has 2 aromatic rings. The highest BCUT2D eigenvalue weighted by atomic mass is 16.6. The van der Waals surface area contributed by atoms with Crippen LogP contribution in [0.2, 0.25) is 0 Å². The van der Waals surface area contributed by atoms with Gasteiger partial charge in [-0.3, -0.25) is 4.79 Å². The molecule has 0 saturated heterocycles. The molecule has 0 spiro atoms. The molecule has 0 N–H and O–H groups in total. The molecule has 0 aliphatic rings. The highest BCUT2D eigenvalue weighted by Gasteiger charge is 2.13. The third-order valence-corrected chi connectivity index (χ3v) is 2.86. The smallest absolute Gasteiger partial charge is 0.303 e. The van der Waals surface area contributed by atoms with Crippen LogP contribution in [-0.2, 0) is 9.53 Å². The highest BCUT2D eigenvalue weighted by molar-refractivity contribution is 5.88. The predicted octanol–water partition coefficient (Wildman–Crippen LogP) is 3.46. The molecular weight excluding hydrogens is 270 g/mol. The summed E-state index contributed by atoms with van der Waals surface area (Å²) in [5.41, 5.74) is 8.35. The second kappa shape index (κ2) is 7.17. The lowest BCUT2D eigenvalue weighted by Crippen LogP contribution is -2.26. The van der Waals surface area contributed by atoms with E-state index < -0.39 is 12.1 Å². The molecule has 0 amide bonds. The number of carbonyl (C=O) groups excluding carboxylic acids is 1. The van der Waals surface area contributed by atoms with Gasteiger partial charge in [-0.05, 0) is 17.0 Å². The first kappa shape index (κ1) is 14.7. The summed E-state index contributed by atoms with van der Waals surface area (Å²) in [6.07, 6.45) is -0.600. The second-order valence-electron chi connectivity index (χ2n) is 4.43. The summed E-state index contributed by atoms with van der Waals surface area (Å²) in [7, 11) is 0. The van der Waals surface area contributed by atoms with Gasteiger partial charge in [0.25, 0.3) is 0 Å². The summed E-state index contributed by atoms with van der Waals surface area (Å²) >= 11 is 0. The molecular formula is C15H15N3O3. The number of hydrogen-bond donors (Lipinski definition) is 0. The van der Waals surface area contributed by atoms with Crippen LogP contribution in [0.15, 0.2) is 47.6 Å². The van der Waals surface area contributed by atoms with Gasteiger partial charge in [0.2, 0.25) is 0 Å². The lowest BCUT2D eigenvalue weighted by atomic mass is 10.1. The minimum Gasteiger partial charge on any atom is -0.489 e. The Morgan fingerprint density at radius 3 is 2.81 bits per heavy atom. The van der Waals surface area contributed by atoms with Crippen molar-refractivity contribution in [1.29, 1.82) is 0 Å². The number of rotatable bonds is 6. The average molecular weight is 285 g/mol. The molecule has 1 atom stereocenters. The molecule has 0 heterocycles. The van der Waals surface area contributed by atoms with E-state index in [1.54, 1.807) is 0 Å². The van der Waals surface area contributed by atoms with Crippen molar-refractivity contribution < 1.29 is 14.3 Å². The largest absolute Gasteiger partial charge is 0.489 e. The fourth-order valence-corrected chi connectivity index (χ4v) is 1.99. The number of nitrogens with zero attached hydrogens (tertiary/aromatic N) is 3. The summed E-state index contributed by atoms with van der Waals surface area (Å²) in [5, 5.41) is 5.46. The molecule has 0 fully saturated rings. The lowest BCUT2D eigenvalue weighted by Gasteiger charge is -2.16. The SMILES string of the molecule is CC(=O)O[C@@H](CN=[N+]=[N-])COc1cccc2ccccc12. The molecule has 21 heavy (non-hydrogen) atoms. The summed E-state index contributed by atoms with van der Waals surface area (Å²) in [4.78, 5) is 13.7. The van der Waals surface area contributed by atoms with E-state index >= 15 is 0 Å². The molecule has 0 aromatic heterocycles. The monoisotopic (exact) mass is 285 g/mol. The van der Waals surface area contributed by atoms with Crippen LogP contribution in [0.3, 0.4) is 0 Å². The molecule has 0 unspecified atom stereocenters. The number of hydrogen-bond acceptors (Lipinski definition) is 4. The van der Waals surface area contributed by atoms with E-state index in [2.05, 4.69) is 10.0 Å². The van der Waals surface area contributed by atoms with Crippen molar-refractivity contribution in [3.8, 4) is 5.75 Å². The van der Waals surface area contributed by atoms with E-state index in [0.29, 0.717) is 5.75 Å².